The summed E-state index contributed by atoms with van der Waals surface area (Å²) in [5, 5.41) is 3.18. The van der Waals surface area contributed by atoms with E-state index in [-0.39, 0.29) is 0 Å². The van der Waals surface area contributed by atoms with Gasteiger partial charge in [-0.3, -0.25) is 0 Å². The molecule has 0 atom stereocenters. The van der Waals surface area contributed by atoms with Gasteiger partial charge in [-0.2, -0.15) is 0 Å². The van der Waals surface area contributed by atoms with Gasteiger partial charge in [0, 0.05) is 15.6 Å². The second-order valence-corrected chi connectivity index (χ2v) is 5.75. The van der Waals surface area contributed by atoms with E-state index in [1.807, 2.05) is 11.4 Å². The lowest BCUT2D eigenvalue weighted by molar-refractivity contribution is 0.309. The first-order valence-electron chi connectivity index (χ1n) is 4.46. The smallest absolute Gasteiger partial charge is 0.139 e. The van der Waals surface area contributed by atoms with Crippen molar-refractivity contribution in [3.63, 3.8) is 0 Å². The number of hydrogen-bond donors (Lipinski definition) is 0. The topological polar surface area (TPSA) is 9.23 Å². The average molecular weight is 338 g/mol. The number of thiophene rings is 1. The van der Waals surface area contributed by atoms with Gasteiger partial charge in [-0.05, 0) is 39.5 Å². The van der Waals surface area contributed by atoms with Crippen molar-refractivity contribution in [2.45, 2.75) is 6.61 Å². The first-order valence-corrected chi connectivity index (χ1v) is 6.89. The Bertz CT molecular complexity index is 498. The quantitative estimate of drug-likeness (QED) is 0.728. The molecule has 1 nitrogen and oxygen atoms in total. The third-order valence-corrected chi connectivity index (χ3v) is 4.39. The van der Waals surface area contributed by atoms with E-state index in [0.29, 0.717) is 22.4 Å². The first kappa shape index (κ1) is 12.2. The van der Waals surface area contributed by atoms with Crippen molar-refractivity contribution in [2.24, 2.45) is 0 Å². The molecule has 0 radical (unpaired) electrons. The zero-order chi connectivity index (χ0) is 11.5. The minimum Gasteiger partial charge on any atom is -0.486 e. The molecule has 0 bridgehead atoms. The van der Waals surface area contributed by atoms with E-state index in [1.165, 1.54) is 0 Å². The van der Waals surface area contributed by atoms with E-state index in [9.17, 15) is 0 Å². The zero-order valence-corrected chi connectivity index (χ0v) is 12.0. The maximum Gasteiger partial charge on any atom is 0.139 e. The van der Waals surface area contributed by atoms with Crippen LogP contribution < -0.4 is 4.74 Å². The third-order valence-electron chi connectivity index (χ3n) is 1.94. The summed E-state index contributed by atoms with van der Waals surface area (Å²) in [5.41, 5.74) is 0. The number of hydrogen-bond acceptors (Lipinski definition) is 2. The van der Waals surface area contributed by atoms with Crippen LogP contribution in [0.5, 0.6) is 5.75 Å². The van der Waals surface area contributed by atoms with Crippen LogP contribution in [0.15, 0.2) is 34.1 Å². The molecule has 0 saturated heterocycles. The van der Waals surface area contributed by atoms with Crippen molar-refractivity contribution in [1.82, 2.24) is 0 Å². The van der Waals surface area contributed by atoms with Gasteiger partial charge >= 0.3 is 0 Å². The maximum absolute atomic E-state index is 5.98. The number of rotatable bonds is 3. The Balaban J connectivity index is 2.10. The van der Waals surface area contributed by atoms with Crippen molar-refractivity contribution in [2.75, 3.05) is 0 Å². The van der Waals surface area contributed by atoms with Gasteiger partial charge in [0.25, 0.3) is 0 Å². The third kappa shape index (κ3) is 2.92. The van der Waals surface area contributed by atoms with Crippen LogP contribution >= 0.6 is 50.5 Å². The van der Waals surface area contributed by atoms with Crippen molar-refractivity contribution in [3.8, 4) is 5.75 Å². The lowest BCUT2D eigenvalue weighted by Crippen LogP contribution is -1.94. The highest BCUT2D eigenvalue weighted by atomic mass is 79.9. The number of halogens is 3. The molecule has 0 saturated carbocycles. The molecule has 0 unspecified atom stereocenters. The van der Waals surface area contributed by atoms with Gasteiger partial charge in [0.05, 0.1) is 9.90 Å². The molecular formula is C11H7BrCl2OS. The molecular weight excluding hydrogens is 331 g/mol. The Morgan fingerprint density at radius 2 is 2.06 bits per heavy atom. The first-order chi connectivity index (χ1) is 7.66. The fraction of sp³-hybridized carbons (Fsp3) is 0.0909. The fourth-order valence-electron chi connectivity index (χ4n) is 1.16. The van der Waals surface area contributed by atoms with E-state index in [4.69, 9.17) is 27.9 Å². The Hall–Kier alpha value is -0.220. The van der Waals surface area contributed by atoms with Crippen LogP contribution in [0.3, 0.4) is 0 Å². The largest absolute Gasteiger partial charge is 0.486 e. The second kappa shape index (κ2) is 5.41. The monoisotopic (exact) mass is 336 g/mol. The Kier molecular flexibility index (Phi) is 4.14. The minimum absolute atomic E-state index is 0.484. The molecule has 2 aromatic rings. The van der Waals surface area contributed by atoms with Crippen LogP contribution in [0, 0.1) is 0 Å². The molecule has 1 aromatic heterocycles. The molecule has 1 heterocycles. The number of ether oxygens (including phenoxy) is 1. The molecule has 0 spiro atoms. The Labute approximate surface area is 116 Å². The summed E-state index contributed by atoms with van der Waals surface area (Å²) in [4.78, 5) is 1.12. The Morgan fingerprint density at radius 3 is 2.75 bits per heavy atom. The van der Waals surface area contributed by atoms with Gasteiger partial charge in [-0.1, -0.05) is 23.2 Å². The van der Waals surface area contributed by atoms with E-state index in [2.05, 4.69) is 15.9 Å². The van der Waals surface area contributed by atoms with Gasteiger partial charge in [0.1, 0.15) is 12.4 Å². The molecule has 2 rings (SSSR count). The van der Waals surface area contributed by atoms with Crippen LogP contribution in [0.2, 0.25) is 10.0 Å². The SMILES string of the molecule is Clc1ccc(Cl)c(OCc2sccc2Br)c1. The highest BCUT2D eigenvalue weighted by Crippen LogP contribution is 2.30. The lowest BCUT2D eigenvalue weighted by atomic mass is 10.3. The molecule has 0 fully saturated rings. The summed E-state index contributed by atoms with van der Waals surface area (Å²) in [6, 6.07) is 7.16. The van der Waals surface area contributed by atoms with Gasteiger partial charge in [-0.15, -0.1) is 11.3 Å². The van der Waals surface area contributed by atoms with Crippen molar-refractivity contribution < 1.29 is 4.74 Å². The summed E-state index contributed by atoms with van der Waals surface area (Å²) in [6.07, 6.45) is 0. The molecule has 1 aromatic carbocycles. The summed E-state index contributed by atoms with van der Waals surface area (Å²) < 4.78 is 6.66. The van der Waals surface area contributed by atoms with Crippen molar-refractivity contribution in [3.05, 3.63) is 49.0 Å². The standard InChI is InChI=1S/C11H7BrCl2OS/c12-8-3-4-16-11(8)6-15-10-5-7(13)1-2-9(10)14/h1-5H,6H2. The molecule has 5 heteroatoms. The van der Waals surface area contributed by atoms with E-state index < -0.39 is 0 Å². The van der Waals surface area contributed by atoms with E-state index >= 15 is 0 Å². The molecule has 16 heavy (non-hydrogen) atoms. The molecule has 0 aliphatic carbocycles. The summed E-state index contributed by atoms with van der Waals surface area (Å²) in [5.74, 6) is 0.606. The van der Waals surface area contributed by atoms with E-state index in [1.54, 1.807) is 29.5 Å². The Morgan fingerprint density at radius 1 is 1.25 bits per heavy atom. The maximum atomic E-state index is 5.98. The second-order valence-electron chi connectivity index (χ2n) is 3.06. The van der Waals surface area contributed by atoms with Crippen LogP contribution in [-0.4, -0.2) is 0 Å². The number of benzene rings is 1. The minimum atomic E-state index is 0.484. The molecule has 0 aliphatic rings. The highest BCUT2D eigenvalue weighted by Gasteiger charge is 2.05. The van der Waals surface area contributed by atoms with E-state index in [0.717, 1.165) is 9.35 Å². The lowest BCUT2D eigenvalue weighted by Gasteiger charge is -2.07. The predicted octanol–water partition coefficient (Wildman–Crippen LogP) is 5.40. The van der Waals surface area contributed by atoms with Gasteiger partial charge in [0.2, 0.25) is 0 Å². The van der Waals surface area contributed by atoms with Crippen LogP contribution in [0.4, 0.5) is 0 Å². The van der Waals surface area contributed by atoms with Gasteiger partial charge in [-0.25, -0.2) is 0 Å². The van der Waals surface area contributed by atoms with Crippen molar-refractivity contribution >= 4 is 50.5 Å². The zero-order valence-electron chi connectivity index (χ0n) is 8.04. The molecule has 0 N–H and O–H groups in total. The summed E-state index contributed by atoms with van der Waals surface area (Å²) >= 11 is 16.9. The van der Waals surface area contributed by atoms with Gasteiger partial charge < -0.3 is 4.74 Å². The summed E-state index contributed by atoms with van der Waals surface area (Å²) in [7, 11) is 0. The molecule has 0 amide bonds. The highest BCUT2D eigenvalue weighted by molar-refractivity contribution is 9.10. The van der Waals surface area contributed by atoms with Gasteiger partial charge in [0.15, 0.2) is 0 Å². The van der Waals surface area contributed by atoms with Crippen LogP contribution in [0.25, 0.3) is 0 Å². The van der Waals surface area contributed by atoms with Crippen LogP contribution in [0.1, 0.15) is 4.88 Å². The fourth-order valence-corrected chi connectivity index (χ4v) is 2.87. The predicted molar refractivity (Wildman–Crippen MR) is 72.8 cm³/mol. The molecule has 84 valence electrons. The van der Waals surface area contributed by atoms with Crippen LogP contribution in [-0.2, 0) is 6.61 Å². The van der Waals surface area contributed by atoms with Crippen molar-refractivity contribution in [1.29, 1.82) is 0 Å². The normalized spacial score (nSPS) is 10.4. The summed E-state index contributed by atoms with van der Waals surface area (Å²) in [6.45, 7) is 0.484. The molecule has 0 aliphatic heterocycles. The average Bonchev–Trinajstić information content (AvgIpc) is 2.66.